The van der Waals surface area contributed by atoms with Crippen molar-refractivity contribution in [3.63, 3.8) is 0 Å². The molecular formula is C16H17ClN2O3. The molecule has 1 aromatic heterocycles. The first-order valence-electron chi connectivity index (χ1n) is 7.20. The number of nitrogens with zero attached hydrogens (tertiary/aromatic N) is 1. The molecule has 0 spiro atoms. The van der Waals surface area contributed by atoms with Crippen LogP contribution in [0.5, 0.6) is 0 Å². The molecule has 1 N–H and O–H groups in total. The van der Waals surface area contributed by atoms with E-state index in [1.807, 2.05) is 12.1 Å². The average Bonchev–Trinajstić information content (AvgIpc) is 3.26. The monoisotopic (exact) mass is 320 g/mol. The van der Waals surface area contributed by atoms with E-state index < -0.39 is 0 Å². The van der Waals surface area contributed by atoms with Crippen LogP contribution < -0.4 is 5.32 Å². The Morgan fingerprint density at radius 1 is 1.45 bits per heavy atom. The molecule has 0 bridgehead atoms. The SMILES string of the molecule is COC(CNC(=O)c1cc(C2CC2)on1)c1ccc(Cl)cc1. The van der Waals surface area contributed by atoms with Crippen LogP contribution in [0.3, 0.4) is 0 Å². The van der Waals surface area contributed by atoms with Crippen molar-refractivity contribution in [1.29, 1.82) is 0 Å². The maximum absolute atomic E-state index is 12.1. The molecule has 1 amide bonds. The number of benzene rings is 1. The molecule has 2 aromatic rings. The Kier molecular flexibility index (Phi) is 4.45. The molecule has 1 aromatic carbocycles. The molecule has 1 heterocycles. The third-order valence-corrected chi connectivity index (χ3v) is 3.97. The van der Waals surface area contributed by atoms with Gasteiger partial charge in [-0.05, 0) is 30.5 Å². The molecule has 1 aliphatic rings. The first-order chi connectivity index (χ1) is 10.7. The summed E-state index contributed by atoms with van der Waals surface area (Å²) in [5.41, 5.74) is 1.26. The zero-order valence-corrected chi connectivity index (χ0v) is 13.0. The summed E-state index contributed by atoms with van der Waals surface area (Å²) in [4.78, 5) is 12.1. The third kappa shape index (κ3) is 3.48. The van der Waals surface area contributed by atoms with Gasteiger partial charge in [0.15, 0.2) is 5.69 Å². The molecule has 0 aliphatic heterocycles. The van der Waals surface area contributed by atoms with Crippen molar-refractivity contribution in [2.24, 2.45) is 0 Å². The lowest BCUT2D eigenvalue weighted by Crippen LogP contribution is -2.29. The Balaban J connectivity index is 1.59. The molecule has 1 saturated carbocycles. The summed E-state index contributed by atoms with van der Waals surface area (Å²) >= 11 is 5.87. The number of halogens is 1. The number of nitrogens with one attached hydrogen (secondary N) is 1. The highest BCUT2D eigenvalue weighted by atomic mass is 35.5. The summed E-state index contributed by atoms with van der Waals surface area (Å²) in [6, 6.07) is 9.07. The minimum atomic E-state index is -0.258. The third-order valence-electron chi connectivity index (χ3n) is 3.72. The number of aromatic nitrogens is 1. The number of hydrogen-bond donors (Lipinski definition) is 1. The van der Waals surface area contributed by atoms with Gasteiger partial charge < -0.3 is 14.6 Å². The fourth-order valence-corrected chi connectivity index (χ4v) is 2.37. The summed E-state index contributed by atoms with van der Waals surface area (Å²) in [7, 11) is 1.60. The zero-order valence-electron chi connectivity index (χ0n) is 12.2. The van der Waals surface area contributed by atoms with Gasteiger partial charge in [-0.25, -0.2) is 0 Å². The van der Waals surface area contributed by atoms with E-state index in [9.17, 15) is 4.79 Å². The van der Waals surface area contributed by atoms with Crippen LogP contribution >= 0.6 is 11.6 Å². The van der Waals surface area contributed by atoms with Crippen LogP contribution in [-0.4, -0.2) is 24.7 Å². The summed E-state index contributed by atoms with van der Waals surface area (Å²) in [5.74, 6) is 0.979. The van der Waals surface area contributed by atoms with Crippen molar-refractivity contribution in [1.82, 2.24) is 10.5 Å². The van der Waals surface area contributed by atoms with E-state index in [0.29, 0.717) is 23.2 Å². The van der Waals surface area contributed by atoms with Gasteiger partial charge in [0.1, 0.15) is 5.76 Å². The summed E-state index contributed by atoms with van der Waals surface area (Å²) in [6.45, 7) is 0.350. The van der Waals surface area contributed by atoms with Crippen LogP contribution in [0.1, 0.15) is 46.7 Å². The molecule has 6 heteroatoms. The quantitative estimate of drug-likeness (QED) is 0.886. The fourth-order valence-electron chi connectivity index (χ4n) is 2.25. The lowest BCUT2D eigenvalue weighted by Gasteiger charge is -2.16. The van der Waals surface area contributed by atoms with E-state index in [4.69, 9.17) is 20.9 Å². The molecule has 1 unspecified atom stereocenters. The van der Waals surface area contributed by atoms with Crippen LogP contribution in [0, 0.1) is 0 Å². The second kappa shape index (κ2) is 6.50. The van der Waals surface area contributed by atoms with Crippen molar-refractivity contribution < 1.29 is 14.1 Å². The largest absolute Gasteiger partial charge is 0.375 e. The van der Waals surface area contributed by atoms with Crippen LogP contribution in [0.25, 0.3) is 0 Å². The molecule has 116 valence electrons. The standard InChI is InChI=1S/C16H17ClN2O3/c1-21-15(11-4-6-12(17)7-5-11)9-18-16(20)13-8-14(22-19-13)10-2-3-10/h4-8,10,15H,2-3,9H2,1H3,(H,18,20). The van der Waals surface area contributed by atoms with Gasteiger partial charge in [0, 0.05) is 30.7 Å². The van der Waals surface area contributed by atoms with Crippen LogP contribution in [0.15, 0.2) is 34.9 Å². The lowest BCUT2D eigenvalue weighted by molar-refractivity contribution is 0.0821. The Morgan fingerprint density at radius 3 is 2.82 bits per heavy atom. The molecule has 22 heavy (non-hydrogen) atoms. The van der Waals surface area contributed by atoms with Gasteiger partial charge in [-0.15, -0.1) is 0 Å². The van der Waals surface area contributed by atoms with Gasteiger partial charge in [0.25, 0.3) is 5.91 Å². The van der Waals surface area contributed by atoms with Gasteiger partial charge in [0.2, 0.25) is 0 Å². The highest BCUT2D eigenvalue weighted by Crippen LogP contribution is 2.40. The number of methoxy groups -OCH3 is 1. The maximum Gasteiger partial charge on any atom is 0.273 e. The molecule has 1 fully saturated rings. The zero-order chi connectivity index (χ0) is 15.5. The van der Waals surface area contributed by atoms with Gasteiger partial charge in [-0.1, -0.05) is 28.9 Å². The Hall–Kier alpha value is -1.85. The molecule has 1 atom stereocenters. The Bertz CT molecular complexity index is 650. The van der Waals surface area contributed by atoms with Crippen molar-refractivity contribution in [3.8, 4) is 0 Å². The van der Waals surface area contributed by atoms with E-state index in [1.165, 1.54) is 0 Å². The number of carbonyl (C=O) groups excluding carboxylic acids is 1. The van der Waals surface area contributed by atoms with E-state index >= 15 is 0 Å². The Morgan fingerprint density at radius 2 is 2.18 bits per heavy atom. The number of amides is 1. The average molecular weight is 321 g/mol. The molecule has 5 nitrogen and oxygen atoms in total. The van der Waals surface area contributed by atoms with E-state index in [1.54, 1.807) is 25.3 Å². The highest BCUT2D eigenvalue weighted by molar-refractivity contribution is 6.30. The molecule has 0 saturated heterocycles. The molecule has 3 rings (SSSR count). The van der Waals surface area contributed by atoms with Gasteiger partial charge >= 0.3 is 0 Å². The number of carbonyl (C=O) groups is 1. The van der Waals surface area contributed by atoms with E-state index in [-0.39, 0.29) is 12.0 Å². The number of ether oxygens (including phenoxy) is 1. The molecule has 1 aliphatic carbocycles. The van der Waals surface area contributed by atoms with Crippen molar-refractivity contribution >= 4 is 17.5 Å². The first-order valence-corrected chi connectivity index (χ1v) is 7.58. The van der Waals surface area contributed by atoms with Crippen molar-refractivity contribution in [2.75, 3.05) is 13.7 Å². The normalized spacial score (nSPS) is 15.5. The number of rotatable bonds is 6. The second-order valence-corrected chi connectivity index (χ2v) is 5.81. The van der Waals surface area contributed by atoms with Crippen LogP contribution in [0.2, 0.25) is 5.02 Å². The van der Waals surface area contributed by atoms with E-state index in [2.05, 4.69) is 10.5 Å². The van der Waals surface area contributed by atoms with Gasteiger partial charge in [-0.2, -0.15) is 0 Å². The maximum atomic E-state index is 12.1. The van der Waals surface area contributed by atoms with Crippen molar-refractivity contribution in [3.05, 3.63) is 52.4 Å². The summed E-state index contributed by atoms with van der Waals surface area (Å²) in [5, 5.41) is 7.30. The minimum Gasteiger partial charge on any atom is -0.375 e. The van der Waals surface area contributed by atoms with Crippen molar-refractivity contribution in [2.45, 2.75) is 24.9 Å². The smallest absolute Gasteiger partial charge is 0.273 e. The lowest BCUT2D eigenvalue weighted by atomic mass is 10.1. The van der Waals surface area contributed by atoms with Gasteiger partial charge in [0.05, 0.1) is 6.10 Å². The highest BCUT2D eigenvalue weighted by Gasteiger charge is 2.29. The van der Waals surface area contributed by atoms with Crippen LogP contribution in [-0.2, 0) is 4.74 Å². The fraction of sp³-hybridized carbons (Fsp3) is 0.375. The summed E-state index contributed by atoms with van der Waals surface area (Å²) < 4.78 is 10.6. The minimum absolute atomic E-state index is 0.240. The predicted molar refractivity (Wildman–Crippen MR) is 82.0 cm³/mol. The topological polar surface area (TPSA) is 64.4 Å². The molecule has 0 radical (unpaired) electrons. The second-order valence-electron chi connectivity index (χ2n) is 5.37. The number of hydrogen-bond acceptors (Lipinski definition) is 4. The molecular weight excluding hydrogens is 304 g/mol. The van der Waals surface area contributed by atoms with Crippen LogP contribution in [0.4, 0.5) is 0 Å². The predicted octanol–water partition coefficient (Wildman–Crippen LogP) is 3.32. The van der Waals surface area contributed by atoms with Gasteiger partial charge in [-0.3, -0.25) is 4.79 Å². The van der Waals surface area contributed by atoms with E-state index in [0.717, 1.165) is 24.2 Å². The summed E-state index contributed by atoms with van der Waals surface area (Å²) in [6.07, 6.45) is 1.98. The Labute approximate surface area is 133 Å². The first kappa shape index (κ1) is 15.1.